The predicted molar refractivity (Wildman–Crippen MR) is 61.2 cm³/mol. The van der Waals surface area contributed by atoms with E-state index >= 15 is 0 Å². The smallest absolute Gasteiger partial charge is 0.141 e. The maximum atomic E-state index is 6.04. The second-order valence-corrected chi connectivity index (χ2v) is 4.42. The zero-order chi connectivity index (χ0) is 11.5. The number of nitrogens with two attached hydrogens (primary N) is 1. The predicted octanol–water partition coefficient (Wildman–Crippen LogP) is 2.52. The van der Waals surface area contributed by atoms with Gasteiger partial charge in [-0.3, -0.25) is 0 Å². The molecule has 15 heavy (non-hydrogen) atoms. The minimum absolute atomic E-state index is 0.231. The zero-order valence-corrected chi connectivity index (χ0v) is 9.97. The summed E-state index contributed by atoms with van der Waals surface area (Å²) in [5, 5.41) is 0.597. The maximum Gasteiger partial charge on any atom is 0.141 e. The van der Waals surface area contributed by atoms with Crippen LogP contribution in [0.25, 0.3) is 0 Å². The lowest BCUT2D eigenvalue weighted by molar-refractivity contribution is 0.0954. The second kappa shape index (κ2) is 4.84. The van der Waals surface area contributed by atoms with Crippen molar-refractivity contribution >= 4 is 11.6 Å². The average Bonchev–Trinajstić information content (AvgIpc) is 2.17. The molecule has 4 heteroatoms. The third-order valence-electron chi connectivity index (χ3n) is 2.34. The van der Waals surface area contributed by atoms with Gasteiger partial charge in [-0.15, -0.1) is 0 Å². The van der Waals surface area contributed by atoms with Crippen LogP contribution < -0.4 is 10.6 Å². The number of hydrogen-bond acceptors (Lipinski definition) is 3. The molecule has 1 aromatic carbocycles. The lowest BCUT2D eigenvalue weighted by atomic mass is 9.85. The Balaban J connectivity index is 3.18. The first kappa shape index (κ1) is 12.3. The monoisotopic (exact) mass is 229 g/mol. The molecule has 0 aliphatic rings. The molecule has 1 aromatic rings. The van der Waals surface area contributed by atoms with Crippen LogP contribution in [0.5, 0.6) is 5.75 Å². The molecule has 0 saturated heterocycles. The van der Waals surface area contributed by atoms with Crippen LogP contribution in [0.15, 0.2) is 18.2 Å². The number of hydrogen-bond donors (Lipinski definition) is 1. The Kier molecular flexibility index (Phi) is 3.97. The molecular formula is C11H16ClNO2. The highest BCUT2D eigenvalue weighted by Crippen LogP contribution is 2.36. The van der Waals surface area contributed by atoms with Gasteiger partial charge in [-0.25, -0.2) is 5.90 Å². The van der Waals surface area contributed by atoms with Crippen LogP contribution in [0, 0.1) is 0 Å². The quantitative estimate of drug-likeness (QED) is 0.807. The molecule has 0 bridgehead atoms. The first-order valence-electron chi connectivity index (χ1n) is 4.67. The van der Waals surface area contributed by atoms with E-state index < -0.39 is 0 Å². The summed E-state index contributed by atoms with van der Waals surface area (Å²) in [5.41, 5.74) is 0.758. The molecule has 3 nitrogen and oxygen atoms in total. The number of ether oxygens (including phenoxy) is 1. The molecule has 0 unspecified atom stereocenters. The van der Waals surface area contributed by atoms with E-state index in [0.29, 0.717) is 17.4 Å². The van der Waals surface area contributed by atoms with Gasteiger partial charge < -0.3 is 9.57 Å². The van der Waals surface area contributed by atoms with Gasteiger partial charge in [0.1, 0.15) is 5.75 Å². The van der Waals surface area contributed by atoms with E-state index in [1.54, 1.807) is 13.2 Å². The third-order valence-corrected chi connectivity index (χ3v) is 2.64. The summed E-state index contributed by atoms with van der Waals surface area (Å²) in [6.07, 6.45) is 0. The van der Waals surface area contributed by atoms with Crippen molar-refractivity contribution in [3.8, 4) is 5.75 Å². The fourth-order valence-electron chi connectivity index (χ4n) is 1.54. The molecule has 0 aromatic heterocycles. The normalized spacial score (nSPS) is 11.5. The molecule has 0 radical (unpaired) electrons. The highest BCUT2D eigenvalue weighted by atomic mass is 35.5. The summed E-state index contributed by atoms with van der Waals surface area (Å²) >= 11 is 6.04. The molecule has 0 atom stereocenters. The summed E-state index contributed by atoms with van der Waals surface area (Å²) in [6.45, 7) is 4.45. The van der Waals surface area contributed by atoms with Crippen molar-refractivity contribution in [3.05, 3.63) is 28.8 Å². The number of para-hydroxylation sites is 1. The van der Waals surface area contributed by atoms with Crippen molar-refractivity contribution in [2.24, 2.45) is 5.90 Å². The summed E-state index contributed by atoms with van der Waals surface area (Å²) in [5.74, 6) is 5.79. The van der Waals surface area contributed by atoms with E-state index in [1.165, 1.54) is 0 Å². The van der Waals surface area contributed by atoms with E-state index in [-0.39, 0.29) is 5.41 Å². The Bertz CT molecular complexity index is 339. The standard InChI is InChI=1S/C11H16ClNO2/c1-11(2,7-15-13)8-5-4-6-9(12)10(8)14-3/h4-6H,7,13H2,1-3H3. The number of methoxy groups -OCH3 is 1. The van der Waals surface area contributed by atoms with Gasteiger partial charge in [-0.2, -0.15) is 0 Å². The molecule has 0 heterocycles. The van der Waals surface area contributed by atoms with Crippen LogP contribution in [-0.2, 0) is 10.3 Å². The molecule has 2 N–H and O–H groups in total. The fraction of sp³-hybridized carbons (Fsp3) is 0.455. The Morgan fingerprint density at radius 3 is 2.60 bits per heavy atom. The van der Waals surface area contributed by atoms with E-state index in [9.17, 15) is 0 Å². The number of rotatable bonds is 4. The minimum atomic E-state index is -0.231. The van der Waals surface area contributed by atoms with Crippen molar-refractivity contribution in [1.82, 2.24) is 0 Å². The molecule has 1 rings (SSSR count). The lowest BCUT2D eigenvalue weighted by Crippen LogP contribution is -2.26. The van der Waals surface area contributed by atoms with Crippen molar-refractivity contribution in [1.29, 1.82) is 0 Å². The third kappa shape index (κ3) is 2.62. The molecular weight excluding hydrogens is 214 g/mol. The average molecular weight is 230 g/mol. The summed E-state index contributed by atoms with van der Waals surface area (Å²) < 4.78 is 5.28. The van der Waals surface area contributed by atoms with Crippen LogP contribution in [0.3, 0.4) is 0 Å². The Hall–Kier alpha value is -0.770. The highest BCUT2D eigenvalue weighted by Gasteiger charge is 2.25. The Morgan fingerprint density at radius 1 is 1.40 bits per heavy atom. The van der Waals surface area contributed by atoms with Crippen LogP contribution in [0.1, 0.15) is 19.4 Å². The Labute approximate surface area is 95.1 Å². The maximum absolute atomic E-state index is 6.04. The van der Waals surface area contributed by atoms with Gasteiger partial charge >= 0.3 is 0 Å². The summed E-state index contributed by atoms with van der Waals surface area (Å²) in [6, 6.07) is 5.64. The van der Waals surface area contributed by atoms with Crippen molar-refractivity contribution < 1.29 is 9.57 Å². The summed E-state index contributed by atoms with van der Waals surface area (Å²) in [4.78, 5) is 4.70. The minimum Gasteiger partial charge on any atom is -0.495 e. The van der Waals surface area contributed by atoms with Crippen LogP contribution in [0.2, 0.25) is 5.02 Å². The van der Waals surface area contributed by atoms with E-state index in [4.69, 9.17) is 27.1 Å². The first-order chi connectivity index (χ1) is 7.03. The van der Waals surface area contributed by atoms with Gasteiger partial charge in [-0.1, -0.05) is 37.6 Å². The highest BCUT2D eigenvalue weighted by molar-refractivity contribution is 6.32. The second-order valence-electron chi connectivity index (χ2n) is 4.02. The van der Waals surface area contributed by atoms with Crippen molar-refractivity contribution in [2.75, 3.05) is 13.7 Å². The topological polar surface area (TPSA) is 44.5 Å². The fourth-order valence-corrected chi connectivity index (χ4v) is 1.79. The lowest BCUT2D eigenvalue weighted by Gasteiger charge is -2.26. The van der Waals surface area contributed by atoms with Gasteiger partial charge in [0.15, 0.2) is 0 Å². The SMILES string of the molecule is COc1c(Cl)cccc1C(C)(C)CON. The Morgan fingerprint density at radius 2 is 2.07 bits per heavy atom. The van der Waals surface area contributed by atoms with Crippen LogP contribution in [-0.4, -0.2) is 13.7 Å². The van der Waals surface area contributed by atoms with Gasteiger partial charge in [0, 0.05) is 11.0 Å². The molecule has 0 amide bonds. The van der Waals surface area contributed by atoms with E-state index in [1.807, 2.05) is 26.0 Å². The van der Waals surface area contributed by atoms with E-state index in [0.717, 1.165) is 5.56 Å². The van der Waals surface area contributed by atoms with Gasteiger partial charge in [-0.05, 0) is 6.07 Å². The molecule has 0 fully saturated rings. The number of benzene rings is 1. The molecule has 84 valence electrons. The number of halogens is 1. The molecule has 0 aliphatic heterocycles. The van der Waals surface area contributed by atoms with Gasteiger partial charge in [0.05, 0.1) is 18.7 Å². The van der Waals surface area contributed by atoms with Crippen molar-refractivity contribution in [3.63, 3.8) is 0 Å². The van der Waals surface area contributed by atoms with E-state index in [2.05, 4.69) is 0 Å². The zero-order valence-electron chi connectivity index (χ0n) is 9.21. The molecule has 0 spiro atoms. The van der Waals surface area contributed by atoms with Crippen molar-refractivity contribution in [2.45, 2.75) is 19.3 Å². The van der Waals surface area contributed by atoms with Crippen LogP contribution in [0.4, 0.5) is 0 Å². The van der Waals surface area contributed by atoms with Crippen LogP contribution >= 0.6 is 11.6 Å². The molecule has 0 aliphatic carbocycles. The molecule has 0 saturated carbocycles. The first-order valence-corrected chi connectivity index (χ1v) is 5.05. The summed E-state index contributed by atoms with van der Waals surface area (Å²) in [7, 11) is 1.60. The van der Waals surface area contributed by atoms with Gasteiger partial charge in [0.25, 0.3) is 0 Å². The largest absolute Gasteiger partial charge is 0.495 e. The van der Waals surface area contributed by atoms with Gasteiger partial charge in [0.2, 0.25) is 0 Å².